The SMILES string of the molecule is CCC(O)(CN)CCCN1CCC(C(F)(F)F)CC1. The van der Waals surface area contributed by atoms with E-state index in [4.69, 9.17) is 5.73 Å². The lowest BCUT2D eigenvalue weighted by molar-refractivity contribution is -0.185. The molecule has 19 heavy (non-hydrogen) atoms. The molecule has 0 spiro atoms. The third-order valence-corrected chi connectivity index (χ3v) is 4.21. The molecule has 0 bridgehead atoms. The number of alkyl halides is 3. The van der Waals surface area contributed by atoms with Crippen LogP contribution in [0.25, 0.3) is 0 Å². The van der Waals surface area contributed by atoms with Crippen LogP contribution in [-0.4, -0.2) is 48.0 Å². The van der Waals surface area contributed by atoms with E-state index in [1.807, 2.05) is 6.92 Å². The van der Waals surface area contributed by atoms with Crippen LogP contribution in [0.3, 0.4) is 0 Å². The summed E-state index contributed by atoms with van der Waals surface area (Å²) in [7, 11) is 0. The van der Waals surface area contributed by atoms with Crippen LogP contribution >= 0.6 is 0 Å². The third-order valence-electron chi connectivity index (χ3n) is 4.21. The molecule has 0 aliphatic carbocycles. The molecule has 1 aliphatic heterocycles. The fourth-order valence-corrected chi connectivity index (χ4v) is 2.54. The van der Waals surface area contributed by atoms with Crippen molar-refractivity contribution >= 4 is 0 Å². The number of nitrogens with zero attached hydrogens (tertiary/aromatic N) is 1. The number of hydrogen-bond donors (Lipinski definition) is 2. The minimum Gasteiger partial charge on any atom is -0.389 e. The molecule has 1 saturated heterocycles. The molecule has 1 atom stereocenters. The summed E-state index contributed by atoms with van der Waals surface area (Å²) in [5.74, 6) is -1.14. The van der Waals surface area contributed by atoms with Crippen molar-refractivity contribution in [2.24, 2.45) is 11.7 Å². The Hall–Kier alpha value is -0.330. The van der Waals surface area contributed by atoms with Crippen molar-refractivity contribution < 1.29 is 18.3 Å². The predicted octanol–water partition coefficient (Wildman–Crippen LogP) is 2.14. The molecule has 0 aromatic carbocycles. The third kappa shape index (κ3) is 5.28. The molecule has 1 aliphatic rings. The van der Waals surface area contributed by atoms with Crippen LogP contribution in [0.1, 0.15) is 39.0 Å². The highest BCUT2D eigenvalue weighted by Gasteiger charge is 2.40. The van der Waals surface area contributed by atoms with Gasteiger partial charge in [-0.05, 0) is 51.7 Å². The highest BCUT2D eigenvalue weighted by molar-refractivity contribution is 4.80. The van der Waals surface area contributed by atoms with Crippen LogP contribution < -0.4 is 5.73 Å². The molecule has 114 valence electrons. The van der Waals surface area contributed by atoms with Gasteiger partial charge in [-0.2, -0.15) is 13.2 Å². The molecule has 0 aromatic heterocycles. The van der Waals surface area contributed by atoms with Crippen LogP contribution in [0, 0.1) is 5.92 Å². The number of halogens is 3. The van der Waals surface area contributed by atoms with Crippen molar-refractivity contribution in [2.45, 2.75) is 50.8 Å². The summed E-state index contributed by atoms with van der Waals surface area (Å²) in [6.45, 7) is 3.86. The minimum atomic E-state index is -4.05. The summed E-state index contributed by atoms with van der Waals surface area (Å²) in [5, 5.41) is 10.0. The molecule has 1 fully saturated rings. The Kier molecular flexibility index (Phi) is 6.08. The average molecular weight is 282 g/mol. The Balaban J connectivity index is 2.23. The maximum absolute atomic E-state index is 12.5. The van der Waals surface area contributed by atoms with Gasteiger partial charge in [0.15, 0.2) is 0 Å². The van der Waals surface area contributed by atoms with Crippen molar-refractivity contribution in [1.82, 2.24) is 4.90 Å². The van der Waals surface area contributed by atoms with Crippen LogP contribution in [0.2, 0.25) is 0 Å². The predicted molar refractivity (Wildman–Crippen MR) is 68.7 cm³/mol. The Morgan fingerprint density at radius 3 is 2.26 bits per heavy atom. The maximum Gasteiger partial charge on any atom is 0.391 e. The van der Waals surface area contributed by atoms with Crippen molar-refractivity contribution in [1.29, 1.82) is 0 Å². The molecule has 1 heterocycles. The maximum atomic E-state index is 12.5. The van der Waals surface area contributed by atoms with Gasteiger partial charge < -0.3 is 15.7 Å². The first-order chi connectivity index (χ1) is 8.80. The van der Waals surface area contributed by atoms with Crippen molar-refractivity contribution in [2.75, 3.05) is 26.2 Å². The molecular formula is C13H25F3N2O. The molecule has 1 rings (SSSR count). The van der Waals surface area contributed by atoms with Crippen LogP contribution in [0.15, 0.2) is 0 Å². The van der Waals surface area contributed by atoms with E-state index in [0.717, 1.165) is 13.0 Å². The molecule has 6 heteroatoms. The molecule has 0 radical (unpaired) electrons. The largest absolute Gasteiger partial charge is 0.391 e. The molecule has 0 aromatic rings. The second-order valence-corrected chi connectivity index (χ2v) is 5.54. The standard InChI is InChI=1S/C13H25F3N2O/c1-2-12(19,10-17)6-3-7-18-8-4-11(5-9-18)13(14,15)16/h11,19H,2-10,17H2,1H3. The lowest BCUT2D eigenvalue weighted by atomic mass is 9.93. The number of nitrogens with two attached hydrogens (primary N) is 1. The molecule has 0 saturated carbocycles. The number of rotatable bonds is 6. The van der Waals surface area contributed by atoms with Crippen molar-refractivity contribution in [3.63, 3.8) is 0 Å². The summed E-state index contributed by atoms with van der Waals surface area (Å²) in [6.07, 6.45) is -1.66. The van der Waals surface area contributed by atoms with Gasteiger partial charge in [0.2, 0.25) is 0 Å². The number of hydrogen-bond acceptors (Lipinski definition) is 3. The summed E-state index contributed by atoms with van der Waals surface area (Å²) < 4.78 is 37.5. The van der Waals surface area contributed by atoms with Gasteiger partial charge in [-0.3, -0.25) is 0 Å². The van der Waals surface area contributed by atoms with Gasteiger partial charge in [0, 0.05) is 6.54 Å². The zero-order valence-corrected chi connectivity index (χ0v) is 11.5. The number of aliphatic hydroxyl groups is 1. The van der Waals surface area contributed by atoms with Gasteiger partial charge in [0.1, 0.15) is 0 Å². The highest BCUT2D eigenvalue weighted by Crippen LogP contribution is 2.34. The van der Waals surface area contributed by atoms with E-state index in [0.29, 0.717) is 25.9 Å². The van der Waals surface area contributed by atoms with Crippen LogP contribution in [-0.2, 0) is 0 Å². The van der Waals surface area contributed by atoms with Gasteiger partial charge in [0.25, 0.3) is 0 Å². The average Bonchev–Trinajstić information content (AvgIpc) is 2.38. The van der Waals surface area contributed by atoms with Crippen LogP contribution in [0.4, 0.5) is 13.2 Å². The lowest BCUT2D eigenvalue weighted by Crippen LogP contribution is -2.41. The van der Waals surface area contributed by atoms with E-state index in [1.165, 1.54) is 0 Å². The Morgan fingerprint density at radius 2 is 1.84 bits per heavy atom. The van der Waals surface area contributed by atoms with E-state index in [2.05, 4.69) is 4.90 Å². The highest BCUT2D eigenvalue weighted by atomic mass is 19.4. The summed E-state index contributed by atoms with van der Waals surface area (Å²) in [6, 6.07) is 0. The second-order valence-electron chi connectivity index (χ2n) is 5.54. The fourth-order valence-electron chi connectivity index (χ4n) is 2.54. The minimum absolute atomic E-state index is 0.193. The van der Waals surface area contributed by atoms with E-state index in [9.17, 15) is 18.3 Å². The zero-order valence-electron chi connectivity index (χ0n) is 11.5. The quantitative estimate of drug-likeness (QED) is 0.785. The second kappa shape index (κ2) is 6.90. The van der Waals surface area contributed by atoms with E-state index < -0.39 is 17.7 Å². The Morgan fingerprint density at radius 1 is 1.26 bits per heavy atom. The smallest absolute Gasteiger partial charge is 0.389 e. The molecule has 0 amide bonds. The molecule has 3 nitrogen and oxygen atoms in total. The monoisotopic (exact) mass is 282 g/mol. The topological polar surface area (TPSA) is 49.5 Å². The first kappa shape index (κ1) is 16.7. The number of piperidine rings is 1. The summed E-state index contributed by atoms with van der Waals surface area (Å²) in [5.41, 5.74) is 4.70. The van der Waals surface area contributed by atoms with Crippen LogP contribution in [0.5, 0.6) is 0 Å². The van der Waals surface area contributed by atoms with E-state index >= 15 is 0 Å². The van der Waals surface area contributed by atoms with Gasteiger partial charge in [-0.1, -0.05) is 6.92 Å². The van der Waals surface area contributed by atoms with Gasteiger partial charge in [0.05, 0.1) is 11.5 Å². The molecular weight excluding hydrogens is 257 g/mol. The number of likely N-dealkylation sites (tertiary alicyclic amines) is 1. The Bertz CT molecular complexity index is 259. The molecule has 3 N–H and O–H groups in total. The lowest BCUT2D eigenvalue weighted by Gasteiger charge is -2.33. The van der Waals surface area contributed by atoms with Gasteiger partial charge in [-0.15, -0.1) is 0 Å². The first-order valence-electron chi connectivity index (χ1n) is 7.02. The first-order valence-corrected chi connectivity index (χ1v) is 7.02. The van der Waals surface area contributed by atoms with E-state index in [1.54, 1.807) is 0 Å². The zero-order chi connectivity index (χ0) is 14.5. The van der Waals surface area contributed by atoms with Crippen molar-refractivity contribution in [3.8, 4) is 0 Å². The molecule has 1 unspecified atom stereocenters. The Labute approximate surface area is 113 Å². The van der Waals surface area contributed by atoms with Gasteiger partial charge >= 0.3 is 6.18 Å². The van der Waals surface area contributed by atoms with Crippen molar-refractivity contribution in [3.05, 3.63) is 0 Å². The summed E-state index contributed by atoms with van der Waals surface area (Å²) >= 11 is 0. The fraction of sp³-hybridized carbons (Fsp3) is 1.00. The normalized spacial score (nSPS) is 22.4. The summed E-state index contributed by atoms with van der Waals surface area (Å²) in [4.78, 5) is 2.05. The van der Waals surface area contributed by atoms with Gasteiger partial charge in [-0.25, -0.2) is 0 Å². The van der Waals surface area contributed by atoms with E-state index in [-0.39, 0.29) is 19.4 Å².